The molecular weight excluding hydrogens is 1090 g/mol. The van der Waals surface area contributed by atoms with Gasteiger partial charge in [0.25, 0.3) is 16.6 Å². The van der Waals surface area contributed by atoms with E-state index in [1.54, 1.807) is 0 Å². The molecule has 69 heavy (non-hydrogen) atoms. The first-order valence-corrected chi connectivity index (χ1v) is 29.8. The fraction of sp³-hybridized carbons (Fsp3) is 0.288. The summed E-state index contributed by atoms with van der Waals surface area (Å²) in [5.74, 6) is 0.467. The summed E-state index contributed by atoms with van der Waals surface area (Å²) >= 11 is 15.5. The van der Waals surface area contributed by atoms with Gasteiger partial charge in [0, 0.05) is 19.7 Å². The van der Waals surface area contributed by atoms with Gasteiger partial charge in [-0.1, -0.05) is 175 Å². The molecule has 0 saturated carbocycles. The van der Waals surface area contributed by atoms with Crippen LogP contribution in [0.25, 0.3) is 5.00 Å². The largest absolute Gasteiger partial charge is 0.465 e. The second kappa shape index (κ2) is 22.8. The molecule has 3 heterocycles. The Morgan fingerprint density at radius 2 is 1.03 bits per heavy atom. The van der Waals surface area contributed by atoms with E-state index in [2.05, 4.69) is 186 Å². The van der Waals surface area contributed by atoms with Crippen molar-refractivity contribution in [1.29, 1.82) is 0 Å². The van der Waals surface area contributed by atoms with Crippen LogP contribution in [-0.4, -0.2) is 68.6 Å². The number of anilines is 1. The number of halogens is 2. The molecule has 0 radical (unpaired) electrons. The molecule has 17 heteroatoms. The van der Waals surface area contributed by atoms with Gasteiger partial charge in [0.05, 0.1) is 20.3 Å². The summed E-state index contributed by atoms with van der Waals surface area (Å²) in [6, 6.07) is 41.9. The molecule has 0 bridgehead atoms. The third-order valence-electron chi connectivity index (χ3n) is 11.8. The highest BCUT2D eigenvalue weighted by Crippen LogP contribution is 2.42. The fourth-order valence-corrected chi connectivity index (χ4v) is 21.6. The Morgan fingerprint density at radius 1 is 0.638 bits per heavy atom. The molecule has 0 amide bonds. The van der Waals surface area contributed by atoms with E-state index in [0.717, 1.165) is 0 Å². The number of carbonyl (C=O) groups is 2. The van der Waals surface area contributed by atoms with Gasteiger partial charge in [-0.05, 0) is 83.5 Å². The molecule has 7 aromatic rings. The average Bonchev–Trinajstić information content (AvgIpc) is 4.04. The Labute approximate surface area is 438 Å². The number of hydrogen-bond acceptors (Lipinski definition) is 11. The molecule has 0 aliphatic carbocycles. The zero-order chi connectivity index (χ0) is 50.3. The van der Waals surface area contributed by atoms with Gasteiger partial charge < -0.3 is 23.6 Å². The van der Waals surface area contributed by atoms with Crippen molar-refractivity contribution in [2.45, 2.75) is 84.6 Å². The third kappa shape index (κ3) is 11.2. The Bertz CT molecular complexity index is 2770. The lowest BCUT2D eigenvalue weighted by Gasteiger charge is -2.44. The van der Waals surface area contributed by atoms with Crippen molar-refractivity contribution in [2.24, 2.45) is 0 Å². The van der Waals surface area contributed by atoms with Crippen LogP contribution in [0.4, 0.5) is 5.00 Å². The number of thiocarbonyl (C=S) groups is 1. The predicted molar refractivity (Wildman–Crippen MR) is 298 cm³/mol. The monoisotopic (exact) mass is 1140 g/mol. The zero-order valence-electron chi connectivity index (χ0n) is 40.6. The van der Waals surface area contributed by atoms with E-state index in [9.17, 15) is 9.59 Å². The smallest absolute Gasteiger partial charge is 0.342 e. The Balaban J connectivity index is 0.000000228. The standard InChI is InChI=1S/C27H30BrN3O3SSi.C25H28BrNO3S2Si/c1-18(24-30-29-19(2)31(24)25-23(26(32)33-6)22(28)17-35-25)34-36(27(3,4)5,20-13-9-7-10-14-20)21-15-11-8-12-16-21;1-17(22(31)27-23-21(24(28)29-5)20(26)16-32-23)30-33(25(2,3)4,18-12-8-6-9-13-18)19-14-10-7-11-15-19/h7-18H,1-6H3;6-17H,1-5H3,(H,27,31)/t18-;17-/m00/s1. The van der Waals surface area contributed by atoms with Gasteiger partial charge in [-0.3, -0.25) is 4.57 Å². The van der Waals surface area contributed by atoms with Gasteiger partial charge in [0.2, 0.25) is 0 Å². The lowest BCUT2D eigenvalue weighted by Crippen LogP contribution is -2.68. The van der Waals surface area contributed by atoms with E-state index < -0.39 is 40.8 Å². The quantitative estimate of drug-likeness (QED) is 0.0641. The van der Waals surface area contributed by atoms with Gasteiger partial charge >= 0.3 is 11.9 Å². The molecule has 10 nitrogen and oxygen atoms in total. The highest BCUT2D eigenvalue weighted by Gasteiger charge is 2.53. The number of esters is 2. The minimum atomic E-state index is -2.83. The molecular formula is C52H58Br2N4O6S3Si2. The third-order valence-corrected chi connectivity index (χ3v) is 26.2. The number of benzene rings is 4. The van der Waals surface area contributed by atoms with Crippen LogP contribution >= 0.6 is 66.8 Å². The zero-order valence-corrected chi connectivity index (χ0v) is 48.2. The van der Waals surface area contributed by atoms with Gasteiger partial charge in [-0.25, -0.2) is 9.59 Å². The summed E-state index contributed by atoms with van der Waals surface area (Å²) in [5.41, 5.74) is 0.881. The summed E-state index contributed by atoms with van der Waals surface area (Å²) in [6.45, 7) is 19.3. The van der Waals surface area contributed by atoms with E-state index in [0.29, 0.717) is 46.7 Å². The number of methoxy groups -OCH3 is 2. The van der Waals surface area contributed by atoms with E-state index in [-0.39, 0.29) is 10.1 Å². The molecule has 1 N–H and O–H groups in total. The van der Waals surface area contributed by atoms with Crippen molar-refractivity contribution in [2.75, 3.05) is 19.5 Å². The Morgan fingerprint density at radius 3 is 1.45 bits per heavy atom. The Kier molecular flexibility index (Phi) is 17.8. The molecule has 4 aromatic carbocycles. The fourth-order valence-electron chi connectivity index (χ4n) is 8.63. The number of ether oxygens (including phenoxy) is 2. The van der Waals surface area contributed by atoms with Gasteiger partial charge in [0.15, 0.2) is 5.82 Å². The van der Waals surface area contributed by atoms with Crippen LogP contribution in [0.15, 0.2) is 141 Å². The topological polar surface area (TPSA) is 114 Å². The van der Waals surface area contributed by atoms with E-state index in [1.807, 2.05) is 60.4 Å². The van der Waals surface area contributed by atoms with Crippen LogP contribution in [0, 0.1) is 6.92 Å². The summed E-state index contributed by atoms with van der Waals surface area (Å²) in [5, 5.41) is 21.6. The number of hydrogen-bond donors (Lipinski definition) is 1. The van der Waals surface area contributed by atoms with Gasteiger partial charge in [0.1, 0.15) is 38.0 Å². The lowest BCUT2D eigenvalue weighted by molar-refractivity contribution is 0.0592. The van der Waals surface area contributed by atoms with Crippen LogP contribution < -0.4 is 26.1 Å². The normalized spacial score (nSPS) is 12.9. The number of carbonyl (C=O) groups excluding carboxylic acids is 2. The minimum Gasteiger partial charge on any atom is -0.465 e. The van der Waals surface area contributed by atoms with Crippen molar-refractivity contribution in [3.05, 3.63) is 164 Å². The summed E-state index contributed by atoms with van der Waals surface area (Å²) in [4.78, 5) is 25.4. The summed E-state index contributed by atoms with van der Waals surface area (Å²) < 4.78 is 27.6. The SMILES string of the molecule is COC(=O)c1c(Br)csc1-n1c(C)nnc1[C@H](C)O[Si](c1ccccc1)(c1ccccc1)C(C)(C)C.COC(=O)c1c(Br)csc1NC(=S)[C@H](C)O[Si](c1ccccc1)(c1ccccc1)C(C)(C)C. The molecule has 0 aliphatic rings. The second-order valence-electron chi connectivity index (χ2n) is 18.3. The molecule has 0 unspecified atom stereocenters. The molecule has 3 aromatic heterocycles. The highest BCUT2D eigenvalue weighted by atomic mass is 79.9. The predicted octanol–water partition coefficient (Wildman–Crippen LogP) is 11.8. The van der Waals surface area contributed by atoms with Crippen LogP contribution in [0.2, 0.25) is 10.1 Å². The van der Waals surface area contributed by atoms with Crippen molar-refractivity contribution in [3.8, 4) is 5.00 Å². The summed E-state index contributed by atoms with van der Waals surface area (Å²) in [7, 11) is -2.84. The molecule has 2 atom stereocenters. The highest BCUT2D eigenvalue weighted by molar-refractivity contribution is 9.11. The van der Waals surface area contributed by atoms with Crippen molar-refractivity contribution in [1.82, 2.24) is 14.8 Å². The first-order valence-electron chi connectivity index (χ1n) is 22.2. The maximum Gasteiger partial charge on any atom is 0.342 e. The molecule has 362 valence electrons. The van der Waals surface area contributed by atoms with E-state index in [1.165, 1.54) is 57.6 Å². The molecule has 0 spiro atoms. The van der Waals surface area contributed by atoms with Crippen LogP contribution in [0.1, 0.15) is 93.9 Å². The van der Waals surface area contributed by atoms with Crippen LogP contribution in [0.5, 0.6) is 0 Å². The van der Waals surface area contributed by atoms with E-state index >= 15 is 0 Å². The van der Waals surface area contributed by atoms with E-state index in [4.69, 9.17) is 30.5 Å². The lowest BCUT2D eigenvalue weighted by atomic mass is 10.2. The number of nitrogens with zero attached hydrogens (tertiary/aromatic N) is 3. The Hall–Kier alpha value is -4.44. The molecule has 0 fully saturated rings. The van der Waals surface area contributed by atoms with Gasteiger partial charge in [-0.2, -0.15) is 0 Å². The van der Waals surface area contributed by atoms with Crippen LogP contribution in [0.3, 0.4) is 0 Å². The van der Waals surface area contributed by atoms with Crippen molar-refractivity contribution >= 4 is 126 Å². The minimum absolute atomic E-state index is 0.164. The molecule has 0 saturated heterocycles. The van der Waals surface area contributed by atoms with Crippen molar-refractivity contribution in [3.63, 3.8) is 0 Å². The van der Waals surface area contributed by atoms with Crippen LogP contribution in [-0.2, 0) is 18.3 Å². The first-order chi connectivity index (χ1) is 32.7. The molecule has 7 rings (SSSR count). The number of nitrogens with one attached hydrogen (secondary N) is 1. The maximum absolute atomic E-state index is 12.6. The number of thiophene rings is 2. The molecule has 0 aliphatic heterocycles. The maximum atomic E-state index is 12.6. The van der Waals surface area contributed by atoms with Crippen molar-refractivity contribution < 1.29 is 27.9 Å². The second-order valence-corrected chi connectivity index (χ2v) is 30.7. The number of aromatic nitrogens is 3. The summed E-state index contributed by atoms with van der Waals surface area (Å²) in [6.07, 6.45) is -0.804. The average molecular weight is 1150 g/mol. The van der Waals surface area contributed by atoms with Gasteiger partial charge in [-0.15, -0.1) is 32.9 Å². The first kappa shape index (κ1) is 53.9. The number of rotatable bonds is 14. The number of aryl methyl sites for hydroxylation is 1.